The average molecular weight is 360 g/mol. The predicted octanol–water partition coefficient (Wildman–Crippen LogP) is 3.70. The van der Waals surface area contributed by atoms with Gasteiger partial charge in [0.2, 0.25) is 5.91 Å². The highest BCUT2D eigenvalue weighted by Gasteiger charge is 2.33. The Balaban J connectivity index is 2.11. The number of aryl methyl sites for hydroxylation is 1. The maximum absolute atomic E-state index is 13.3. The first-order valence-corrected chi connectivity index (χ1v) is 7.81. The summed E-state index contributed by atoms with van der Waals surface area (Å²) in [5, 5.41) is 0. The second kappa shape index (κ2) is 6.62. The van der Waals surface area contributed by atoms with Crippen molar-refractivity contribution >= 4 is 23.1 Å². The maximum atomic E-state index is 13.3. The van der Waals surface area contributed by atoms with Crippen molar-refractivity contribution in [1.82, 2.24) is 15.0 Å². The molecule has 0 radical (unpaired) electrons. The molecular weight excluding hydrogens is 345 g/mol. The van der Waals surface area contributed by atoms with Gasteiger partial charge in [0.1, 0.15) is 5.52 Å². The number of alkyl halides is 3. The number of nitrogens with two attached hydrogens (primary N) is 1. The van der Waals surface area contributed by atoms with Crippen molar-refractivity contribution in [3.05, 3.63) is 53.4 Å². The van der Waals surface area contributed by atoms with Crippen LogP contribution < -0.4 is 5.73 Å². The van der Waals surface area contributed by atoms with Gasteiger partial charge in [0.25, 0.3) is 0 Å². The Labute approximate surface area is 146 Å². The summed E-state index contributed by atoms with van der Waals surface area (Å²) in [4.78, 5) is 22.4. The number of aromatic amines is 1. The van der Waals surface area contributed by atoms with E-state index in [0.29, 0.717) is 28.0 Å². The molecule has 2 aromatic heterocycles. The second-order valence-electron chi connectivity index (χ2n) is 5.66. The van der Waals surface area contributed by atoms with E-state index in [2.05, 4.69) is 15.0 Å². The first-order chi connectivity index (χ1) is 12.3. The molecule has 0 bridgehead atoms. The van der Waals surface area contributed by atoms with Crippen LogP contribution >= 0.6 is 0 Å². The monoisotopic (exact) mass is 360 g/mol. The van der Waals surface area contributed by atoms with E-state index in [1.54, 1.807) is 19.2 Å². The smallest absolute Gasteiger partial charge is 0.366 e. The lowest BCUT2D eigenvalue weighted by molar-refractivity contribution is -0.138. The fourth-order valence-electron chi connectivity index (χ4n) is 2.66. The Bertz CT molecular complexity index is 1010. The van der Waals surface area contributed by atoms with Gasteiger partial charge in [-0.3, -0.25) is 4.79 Å². The Hall–Kier alpha value is -3.16. The minimum absolute atomic E-state index is 0.224. The summed E-state index contributed by atoms with van der Waals surface area (Å²) < 4.78 is 39.8. The Morgan fingerprint density at radius 1 is 1.35 bits per heavy atom. The number of benzene rings is 1. The second-order valence-corrected chi connectivity index (χ2v) is 5.66. The summed E-state index contributed by atoms with van der Waals surface area (Å²) >= 11 is 0. The van der Waals surface area contributed by atoms with Gasteiger partial charge in [0, 0.05) is 23.4 Å². The molecular formula is C18H15F3N4O. The number of amides is 1. The zero-order chi connectivity index (χ0) is 18.9. The molecule has 0 atom stereocenters. The van der Waals surface area contributed by atoms with Gasteiger partial charge in [0.05, 0.1) is 17.5 Å². The van der Waals surface area contributed by atoms with Crippen LogP contribution in [0.3, 0.4) is 0 Å². The third-order valence-corrected chi connectivity index (χ3v) is 3.93. The SMILES string of the molecule is CCc1ccc(-c2cnc3[nH]cc(/C=C/C(N)=O)c3n2)cc1C(F)(F)F. The minimum Gasteiger partial charge on any atom is -0.366 e. The van der Waals surface area contributed by atoms with Gasteiger partial charge in [-0.1, -0.05) is 19.1 Å². The number of fused-ring (bicyclic) bond motifs is 1. The van der Waals surface area contributed by atoms with Gasteiger partial charge in [0.15, 0.2) is 5.65 Å². The Morgan fingerprint density at radius 3 is 2.77 bits per heavy atom. The molecule has 5 nitrogen and oxygen atoms in total. The lowest BCUT2D eigenvalue weighted by atomic mass is 10.00. The quantitative estimate of drug-likeness (QED) is 0.696. The third-order valence-electron chi connectivity index (χ3n) is 3.93. The molecule has 0 spiro atoms. The van der Waals surface area contributed by atoms with E-state index in [1.165, 1.54) is 24.4 Å². The number of halogens is 3. The maximum Gasteiger partial charge on any atom is 0.416 e. The van der Waals surface area contributed by atoms with E-state index < -0.39 is 17.6 Å². The fourth-order valence-corrected chi connectivity index (χ4v) is 2.66. The summed E-state index contributed by atoms with van der Waals surface area (Å²) in [5.74, 6) is -0.617. The van der Waals surface area contributed by atoms with Gasteiger partial charge in [-0.05, 0) is 24.1 Å². The van der Waals surface area contributed by atoms with Crippen LogP contribution in [-0.4, -0.2) is 20.9 Å². The van der Waals surface area contributed by atoms with Crippen LogP contribution in [0.5, 0.6) is 0 Å². The van der Waals surface area contributed by atoms with E-state index in [0.717, 1.165) is 6.07 Å². The number of nitrogens with zero attached hydrogens (tertiary/aromatic N) is 2. The molecule has 3 rings (SSSR count). The number of rotatable bonds is 4. The van der Waals surface area contributed by atoms with E-state index in [1.807, 2.05) is 0 Å². The van der Waals surface area contributed by atoms with E-state index in [9.17, 15) is 18.0 Å². The summed E-state index contributed by atoms with van der Waals surface area (Å²) in [7, 11) is 0. The van der Waals surface area contributed by atoms with Crippen LogP contribution in [0.4, 0.5) is 13.2 Å². The topological polar surface area (TPSA) is 84.7 Å². The zero-order valence-electron chi connectivity index (χ0n) is 13.8. The number of hydrogen-bond donors (Lipinski definition) is 2. The first kappa shape index (κ1) is 17.7. The molecule has 0 saturated heterocycles. The van der Waals surface area contributed by atoms with E-state index >= 15 is 0 Å². The molecule has 0 saturated carbocycles. The summed E-state index contributed by atoms with van der Waals surface area (Å²) in [6, 6.07) is 4.13. The van der Waals surface area contributed by atoms with Crippen molar-refractivity contribution in [1.29, 1.82) is 0 Å². The number of carbonyl (C=O) groups is 1. The average Bonchev–Trinajstić information content (AvgIpc) is 3.00. The van der Waals surface area contributed by atoms with Gasteiger partial charge >= 0.3 is 6.18 Å². The number of primary amides is 1. The van der Waals surface area contributed by atoms with Crippen molar-refractivity contribution in [2.24, 2.45) is 5.73 Å². The molecule has 3 aromatic rings. The van der Waals surface area contributed by atoms with Crippen LogP contribution in [0.25, 0.3) is 28.5 Å². The molecule has 8 heteroatoms. The highest BCUT2D eigenvalue weighted by Crippen LogP contribution is 2.35. The highest BCUT2D eigenvalue weighted by atomic mass is 19.4. The van der Waals surface area contributed by atoms with Crippen molar-refractivity contribution in [2.45, 2.75) is 19.5 Å². The van der Waals surface area contributed by atoms with Crippen molar-refractivity contribution in [3.63, 3.8) is 0 Å². The number of aromatic nitrogens is 3. The third kappa shape index (κ3) is 3.44. The fraction of sp³-hybridized carbons (Fsp3) is 0.167. The van der Waals surface area contributed by atoms with Crippen LogP contribution in [0.1, 0.15) is 23.6 Å². The number of nitrogens with one attached hydrogen (secondary N) is 1. The van der Waals surface area contributed by atoms with E-state index in [-0.39, 0.29) is 12.0 Å². The normalized spacial score (nSPS) is 12.2. The van der Waals surface area contributed by atoms with Gasteiger partial charge < -0.3 is 10.7 Å². The molecule has 0 aliphatic carbocycles. The summed E-state index contributed by atoms with van der Waals surface area (Å²) in [6.45, 7) is 1.67. The van der Waals surface area contributed by atoms with Crippen LogP contribution in [-0.2, 0) is 17.4 Å². The number of hydrogen-bond acceptors (Lipinski definition) is 3. The van der Waals surface area contributed by atoms with Gasteiger partial charge in [-0.2, -0.15) is 13.2 Å². The molecule has 0 aliphatic heterocycles. The number of carbonyl (C=O) groups excluding carboxylic acids is 1. The van der Waals surface area contributed by atoms with Gasteiger partial charge in [-0.15, -0.1) is 0 Å². The summed E-state index contributed by atoms with van der Waals surface area (Å²) in [6.07, 6.45) is 1.48. The van der Waals surface area contributed by atoms with Crippen molar-refractivity contribution in [2.75, 3.05) is 0 Å². The predicted molar refractivity (Wildman–Crippen MR) is 91.9 cm³/mol. The number of H-pyrrole nitrogens is 1. The lowest BCUT2D eigenvalue weighted by Crippen LogP contribution is -2.09. The summed E-state index contributed by atoms with van der Waals surface area (Å²) in [5.41, 5.74) is 6.71. The highest BCUT2D eigenvalue weighted by molar-refractivity contribution is 5.93. The molecule has 1 aromatic carbocycles. The molecule has 0 fully saturated rings. The van der Waals surface area contributed by atoms with Gasteiger partial charge in [-0.25, -0.2) is 9.97 Å². The molecule has 3 N–H and O–H groups in total. The van der Waals surface area contributed by atoms with Crippen LogP contribution in [0.15, 0.2) is 36.7 Å². The Morgan fingerprint density at radius 2 is 2.12 bits per heavy atom. The van der Waals surface area contributed by atoms with Crippen LogP contribution in [0, 0.1) is 0 Å². The van der Waals surface area contributed by atoms with Crippen molar-refractivity contribution in [3.8, 4) is 11.3 Å². The Kier molecular flexibility index (Phi) is 4.50. The van der Waals surface area contributed by atoms with Crippen molar-refractivity contribution < 1.29 is 18.0 Å². The minimum atomic E-state index is -4.44. The molecule has 0 unspecified atom stereocenters. The van der Waals surface area contributed by atoms with E-state index in [4.69, 9.17) is 5.73 Å². The molecule has 1 amide bonds. The molecule has 134 valence electrons. The molecule has 2 heterocycles. The zero-order valence-corrected chi connectivity index (χ0v) is 13.8. The largest absolute Gasteiger partial charge is 0.416 e. The lowest BCUT2D eigenvalue weighted by Gasteiger charge is -2.13. The molecule has 0 aliphatic rings. The molecule has 26 heavy (non-hydrogen) atoms. The standard InChI is InChI=1S/C18H15F3N4O/c1-2-10-3-4-11(7-13(10)18(19,20)21)14-9-24-17-16(25-14)12(8-23-17)5-6-15(22)26/h3-9H,2H2,1H3,(H2,22,26)(H,23,24)/b6-5+. The van der Waals surface area contributed by atoms with Crippen LogP contribution in [0.2, 0.25) is 0 Å². The first-order valence-electron chi connectivity index (χ1n) is 7.81.